The summed E-state index contributed by atoms with van der Waals surface area (Å²) < 4.78 is 26.6. The molecule has 0 radical (unpaired) electrons. The molecule has 26 heavy (non-hydrogen) atoms. The maximum absolute atomic E-state index is 13.3. The number of halogens is 2. The summed E-state index contributed by atoms with van der Waals surface area (Å²) in [5, 5.41) is 2.36. The largest absolute Gasteiger partial charge is 0.258 e. The van der Waals surface area contributed by atoms with E-state index in [9.17, 15) is 8.78 Å². The molecule has 2 aromatic carbocycles. The molecule has 0 bridgehead atoms. The van der Waals surface area contributed by atoms with Crippen molar-refractivity contribution in [3.63, 3.8) is 0 Å². The van der Waals surface area contributed by atoms with Crippen molar-refractivity contribution in [1.29, 1.82) is 0 Å². The van der Waals surface area contributed by atoms with Crippen LogP contribution in [0.3, 0.4) is 0 Å². The van der Waals surface area contributed by atoms with E-state index in [0.717, 1.165) is 36.9 Å². The van der Waals surface area contributed by atoms with Crippen LogP contribution in [0.4, 0.5) is 8.78 Å². The van der Waals surface area contributed by atoms with Gasteiger partial charge in [0.15, 0.2) is 0 Å². The first kappa shape index (κ1) is 19.0. The van der Waals surface area contributed by atoms with Crippen LogP contribution >= 0.6 is 0 Å². The molecule has 0 amide bonds. The smallest absolute Gasteiger partial charge is 0.123 e. The number of hydrogen-bond acceptors (Lipinski definition) is 2. The summed E-state index contributed by atoms with van der Waals surface area (Å²) in [6, 6.07) is 14.0. The average molecular weight is 358 g/mol. The fourth-order valence-electron chi connectivity index (χ4n) is 4.07. The Balaban J connectivity index is 1.69. The standard InChI is InChI=1S/C22H28F2N2/c1-25-26-16-3-2-5-21(26)6-4-7-22(17-8-12-19(23)13-9-17)18-10-14-20(24)15-11-18/h8-15,21-22,25H,2-7,16H2,1H3. The van der Waals surface area contributed by atoms with Crippen molar-refractivity contribution in [2.45, 2.75) is 50.5 Å². The van der Waals surface area contributed by atoms with Gasteiger partial charge in [-0.25, -0.2) is 13.8 Å². The van der Waals surface area contributed by atoms with Gasteiger partial charge in [-0.3, -0.25) is 5.43 Å². The van der Waals surface area contributed by atoms with Crippen LogP contribution < -0.4 is 5.43 Å². The molecule has 2 nitrogen and oxygen atoms in total. The van der Waals surface area contributed by atoms with Gasteiger partial charge in [0.05, 0.1) is 0 Å². The molecule has 3 rings (SSSR count). The molecule has 2 aromatic rings. The quantitative estimate of drug-likeness (QED) is 0.727. The van der Waals surface area contributed by atoms with Gasteiger partial charge in [0.25, 0.3) is 0 Å². The highest BCUT2D eigenvalue weighted by atomic mass is 19.1. The van der Waals surface area contributed by atoms with E-state index < -0.39 is 0 Å². The molecule has 1 aliphatic rings. The third-order valence-electron chi connectivity index (χ3n) is 5.49. The van der Waals surface area contributed by atoms with E-state index in [-0.39, 0.29) is 17.6 Å². The van der Waals surface area contributed by atoms with Crippen molar-refractivity contribution in [2.75, 3.05) is 13.6 Å². The van der Waals surface area contributed by atoms with Gasteiger partial charge in [-0.05, 0) is 68.1 Å². The highest BCUT2D eigenvalue weighted by Gasteiger charge is 2.22. The molecule has 0 saturated carbocycles. The topological polar surface area (TPSA) is 15.3 Å². The fraction of sp³-hybridized carbons (Fsp3) is 0.455. The van der Waals surface area contributed by atoms with Crippen LogP contribution in [-0.2, 0) is 0 Å². The molecule has 1 aliphatic heterocycles. The Labute approximate surface area is 155 Å². The number of hydrazine groups is 1. The number of benzene rings is 2. The number of rotatable bonds is 7. The molecular formula is C22H28F2N2. The van der Waals surface area contributed by atoms with Gasteiger partial charge in [0.1, 0.15) is 11.6 Å². The van der Waals surface area contributed by atoms with E-state index in [0.29, 0.717) is 6.04 Å². The Bertz CT molecular complexity index is 624. The summed E-state index contributed by atoms with van der Waals surface area (Å²) in [4.78, 5) is 0. The van der Waals surface area contributed by atoms with Crippen molar-refractivity contribution in [1.82, 2.24) is 10.4 Å². The minimum atomic E-state index is -0.224. The third-order valence-corrected chi connectivity index (χ3v) is 5.49. The van der Waals surface area contributed by atoms with Crippen LogP contribution in [0.5, 0.6) is 0 Å². The Kier molecular flexibility index (Phi) is 6.75. The predicted molar refractivity (Wildman–Crippen MR) is 102 cm³/mol. The fourth-order valence-corrected chi connectivity index (χ4v) is 4.07. The number of nitrogens with zero attached hydrogens (tertiary/aromatic N) is 1. The van der Waals surface area contributed by atoms with E-state index in [1.54, 1.807) is 0 Å². The highest BCUT2D eigenvalue weighted by molar-refractivity contribution is 5.32. The first-order valence-corrected chi connectivity index (χ1v) is 9.62. The average Bonchev–Trinajstić information content (AvgIpc) is 2.67. The lowest BCUT2D eigenvalue weighted by Gasteiger charge is -2.35. The number of hydrogen-bond donors (Lipinski definition) is 1. The predicted octanol–water partition coefficient (Wildman–Crippen LogP) is 5.26. The van der Waals surface area contributed by atoms with Crippen molar-refractivity contribution in [2.24, 2.45) is 0 Å². The summed E-state index contributed by atoms with van der Waals surface area (Å²) in [7, 11) is 2.00. The minimum Gasteiger partial charge on any atom is -0.258 e. The van der Waals surface area contributed by atoms with Gasteiger partial charge in [-0.15, -0.1) is 0 Å². The molecule has 0 aromatic heterocycles. The van der Waals surface area contributed by atoms with Crippen LogP contribution in [0, 0.1) is 11.6 Å². The van der Waals surface area contributed by atoms with Crippen LogP contribution in [0.25, 0.3) is 0 Å². The third kappa shape index (κ3) is 4.89. The SMILES string of the molecule is CNN1CCCCC1CCCC(c1ccc(F)cc1)c1ccc(F)cc1. The van der Waals surface area contributed by atoms with Crippen molar-refractivity contribution < 1.29 is 8.78 Å². The Morgan fingerprint density at radius 2 is 1.54 bits per heavy atom. The maximum Gasteiger partial charge on any atom is 0.123 e. The monoisotopic (exact) mass is 358 g/mol. The van der Waals surface area contributed by atoms with Crippen LogP contribution in [-0.4, -0.2) is 24.6 Å². The van der Waals surface area contributed by atoms with Gasteiger partial charge in [-0.2, -0.15) is 0 Å². The first-order chi connectivity index (χ1) is 12.7. The molecule has 1 saturated heterocycles. The van der Waals surface area contributed by atoms with Gasteiger partial charge < -0.3 is 0 Å². The molecule has 1 unspecified atom stereocenters. The highest BCUT2D eigenvalue weighted by Crippen LogP contribution is 2.31. The zero-order valence-electron chi connectivity index (χ0n) is 15.4. The summed E-state index contributed by atoms with van der Waals surface area (Å²) in [6.45, 7) is 1.11. The maximum atomic E-state index is 13.3. The van der Waals surface area contributed by atoms with E-state index >= 15 is 0 Å². The molecule has 0 spiro atoms. The molecular weight excluding hydrogens is 330 g/mol. The second kappa shape index (κ2) is 9.24. The zero-order chi connectivity index (χ0) is 18.4. The summed E-state index contributed by atoms with van der Waals surface area (Å²) in [5.41, 5.74) is 5.50. The van der Waals surface area contributed by atoms with Crippen molar-refractivity contribution in [3.05, 3.63) is 71.3 Å². The van der Waals surface area contributed by atoms with Gasteiger partial charge >= 0.3 is 0 Å². The Morgan fingerprint density at radius 1 is 0.962 bits per heavy atom. The summed E-state index contributed by atoms with van der Waals surface area (Å²) in [6.07, 6.45) is 6.99. The first-order valence-electron chi connectivity index (χ1n) is 9.62. The van der Waals surface area contributed by atoms with Gasteiger partial charge in [0.2, 0.25) is 0 Å². The van der Waals surface area contributed by atoms with Crippen molar-refractivity contribution in [3.8, 4) is 0 Å². The molecule has 0 aliphatic carbocycles. The van der Waals surface area contributed by atoms with Gasteiger partial charge in [0, 0.05) is 18.5 Å². The van der Waals surface area contributed by atoms with E-state index in [2.05, 4.69) is 10.4 Å². The number of piperidine rings is 1. The Morgan fingerprint density at radius 3 is 2.08 bits per heavy atom. The van der Waals surface area contributed by atoms with E-state index in [1.807, 2.05) is 31.3 Å². The minimum absolute atomic E-state index is 0.169. The lowest BCUT2D eigenvalue weighted by atomic mass is 9.86. The Hall–Kier alpha value is -1.78. The molecule has 1 heterocycles. The lowest BCUT2D eigenvalue weighted by molar-refractivity contribution is 0.0903. The lowest BCUT2D eigenvalue weighted by Crippen LogP contribution is -2.46. The van der Waals surface area contributed by atoms with E-state index in [4.69, 9.17) is 0 Å². The van der Waals surface area contributed by atoms with Crippen LogP contribution in [0.15, 0.2) is 48.5 Å². The second-order valence-corrected chi connectivity index (χ2v) is 7.15. The zero-order valence-corrected chi connectivity index (χ0v) is 15.4. The molecule has 140 valence electrons. The summed E-state index contributed by atoms with van der Waals surface area (Å²) >= 11 is 0. The van der Waals surface area contributed by atoms with Gasteiger partial charge in [-0.1, -0.05) is 37.1 Å². The summed E-state index contributed by atoms with van der Waals surface area (Å²) in [5.74, 6) is -0.278. The molecule has 1 atom stereocenters. The van der Waals surface area contributed by atoms with Crippen molar-refractivity contribution >= 4 is 0 Å². The van der Waals surface area contributed by atoms with Crippen LogP contribution in [0.2, 0.25) is 0 Å². The van der Waals surface area contributed by atoms with Crippen LogP contribution in [0.1, 0.15) is 55.6 Å². The molecule has 4 heteroatoms. The second-order valence-electron chi connectivity index (χ2n) is 7.15. The molecule has 1 fully saturated rings. The molecule has 1 N–H and O–H groups in total. The van der Waals surface area contributed by atoms with E-state index in [1.165, 1.54) is 43.5 Å². The normalized spacial score (nSPS) is 18.4. The number of nitrogens with one attached hydrogen (secondary N) is 1.